The van der Waals surface area contributed by atoms with E-state index in [1.165, 1.54) is 55.1 Å². The van der Waals surface area contributed by atoms with Crippen molar-refractivity contribution in [3.05, 3.63) is 166 Å². The third-order valence-corrected chi connectivity index (χ3v) is 15.9. The molecule has 0 saturated carbocycles. The molecule has 0 aromatic heterocycles. The number of rotatable bonds is 14. The van der Waals surface area contributed by atoms with Gasteiger partial charge in [-0.05, 0) is 138 Å². The van der Waals surface area contributed by atoms with E-state index in [0.717, 1.165) is 74.5 Å². The standard InChI is InChI=1S/C18H19N3O3.C18H23N3O.C16H17N3O2.C16H21N3.4CH4/c1-11(22)19-15-8-7-14-16-12(15)5-4-6-13(16)17(23)21(18(14)24)10-9-20(2)3;1-13(22)19-17-8-7-15-12-21(10-9-20(2)3)11-14-5-4-6-16(17)18(14)15;1-18(2)8-9-19-15(20)11-5-3-4-10-13(17)7-6-12(14(10)11)16(19)21;1-18(2)8-9-19-10-12-4-3-5-14-15(17)7-6-13(11-19)16(12)14;;;;/h4-8H,9-10H2,1-3H3,(H,19,22);4-8H,9-12H2,1-3H3,(H,19,22);3-7H,8-9,17H2,1-2H3;3-7H,8-11,17H2,1-2H3;4*1H4. The normalized spacial score (nSPS) is 13.8. The molecule has 8 aromatic rings. The summed E-state index contributed by atoms with van der Waals surface area (Å²) in [6.45, 7) is 13.3. The number of anilines is 4. The molecule has 6 N–H and O–H groups in total. The van der Waals surface area contributed by atoms with Gasteiger partial charge in [0.05, 0.1) is 0 Å². The van der Waals surface area contributed by atoms with Gasteiger partial charge in [-0.25, -0.2) is 0 Å². The van der Waals surface area contributed by atoms with Crippen LogP contribution in [0.3, 0.4) is 0 Å². The lowest BCUT2D eigenvalue weighted by molar-refractivity contribution is -0.115. The smallest absolute Gasteiger partial charge is 0.261 e. The molecular formula is C72H96N12O6. The molecule has 4 aliphatic heterocycles. The van der Waals surface area contributed by atoms with E-state index in [1.54, 1.807) is 55.5 Å². The summed E-state index contributed by atoms with van der Waals surface area (Å²) in [6, 6.07) is 38.8. The van der Waals surface area contributed by atoms with Crippen LogP contribution in [0.1, 0.15) is 107 Å². The minimum atomic E-state index is -0.292. The molecule has 0 saturated heterocycles. The van der Waals surface area contributed by atoms with Crippen molar-refractivity contribution in [2.24, 2.45) is 0 Å². The Labute approximate surface area is 533 Å². The number of nitrogens with two attached hydrogens (primary N) is 2. The fraction of sp³-hybridized carbons (Fsp3) is 0.361. The van der Waals surface area contributed by atoms with Gasteiger partial charge in [-0.2, -0.15) is 0 Å². The highest BCUT2D eigenvalue weighted by Gasteiger charge is 2.35. The molecule has 0 radical (unpaired) electrons. The third-order valence-electron chi connectivity index (χ3n) is 15.9. The van der Waals surface area contributed by atoms with Gasteiger partial charge in [-0.1, -0.05) is 103 Å². The number of nitrogen functional groups attached to an aromatic ring is 2. The maximum Gasteiger partial charge on any atom is 0.261 e. The average Bonchev–Trinajstić information content (AvgIpc) is 0.880. The number of nitrogens with zero attached hydrogens (tertiary/aromatic N) is 8. The lowest BCUT2D eigenvalue weighted by Gasteiger charge is -2.30. The summed E-state index contributed by atoms with van der Waals surface area (Å²) >= 11 is 0. The van der Waals surface area contributed by atoms with E-state index in [-0.39, 0.29) is 65.1 Å². The number of nitrogens with one attached hydrogen (secondary N) is 2. The van der Waals surface area contributed by atoms with Crippen molar-refractivity contribution in [2.45, 2.75) is 69.7 Å². The Hall–Kier alpha value is -8.62. The molecule has 0 fully saturated rings. The number of hydrogen-bond acceptors (Lipinski definition) is 14. The predicted molar refractivity (Wildman–Crippen MR) is 373 cm³/mol. The molecule has 12 rings (SSSR count). The van der Waals surface area contributed by atoms with E-state index in [4.69, 9.17) is 11.5 Å². The first-order valence-electron chi connectivity index (χ1n) is 29.1. The van der Waals surface area contributed by atoms with Crippen LogP contribution >= 0.6 is 0 Å². The molecular weight excluding hydrogens is 1130 g/mol. The van der Waals surface area contributed by atoms with Crippen molar-refractivity contribution in [1.29, 1.82) is 0 Å². The maximum absolute atomic E-state index is 12.8. The minimum Gasteiger partial charge on any atom is -0.398 e. The van der Waals surface area contributed by atoms with Crippen molar-refractivity contribution in [3.8, 4) is 0 Å². The largest absolute Gasteiger partial charge is 0.398 e. The molecule has 18 nitrogen and oxygen atoms in total. The van der Waals surface area contributed by atoms with Crippen molar-refractivity contribution in [1.82, 2.24) is 39.2 Å². The summed E-state index contributed by atoms with van der Waals surface area (Å²) in [5.41, 5.74) is 22.6. The topological polar surface area (TPSA) is 204 Å². The molecule has 6 amide bonds. The predicted octanol–water partition coefficient (Wildman–Crippen LogP) is 11.1. The summed E-state index contributed by atoms with van der Waals surface area (Å²) in [5, 5.41) is 13.5. The highest BCUT2D eigenvalue weighted by molar-refractivity contribution is 6.28. The van der Waals surface area contributed by atoms with Gasteiger partial charge in [-0.15, -0.1) is 0 Å². The van der Waals surface area contributed by atoms with Gasteiger partial charge in [0.2, 0.25) is 11.8 Å². The summed E-state index contributed by atoms with van der Waals surface area (Å²) in [4.78, 5) is 89.4. The van der Waals surface area contributed by atoms with Gasteiger partial charge < -0.3 is 41.7 Å². The van der Waals surface area contributed by atoms with E-state index in [9.17, 15) is 28.8 Å². The van der Waals surface area contributed by atoms with E-state index < -0.39 is 0 Å². The Morgan fingerprint density at radius 2 is 0.667 bits per heavy atom. The number of amides is 6. The summed E-state index contributed by atoms with van der Waals surface area (Å²) < 4.78 is 0. The van der Waals surface area contributed by atoms with E-state index in [2.05, 4.69) is 107 Å². The van der Waals surface area contributed by atoms with Crippen LogP contribution in [0.25, 0.3) is 43.1 Å². The fourth-order valence-electron chi connectivity index (χ4n) is 11.7. The lowest BCUT2D eigenvalue weighted by atomic mass is 9.93. The van der Waals surface area contributed by atoms with Crippen molar-refractivity contribution < 1.29 is 28.8 Å². The highest BCUT2D eigenvalue weighted by Crippen LogP contribution is 2.38. The van der Waals surface area contributed by atoms with Crippen LogP contribution in [0.4, 0.5) is 22.7 Å². The van der Waals surface area contributed by atoms with Gasteiger partial charge in [0.25, 0.3) is 23.6 Å². The Kier molecular flexibility index (Phi) is 25.0. The van der Waals surface area contributed by atoms with Crippen LogP contribution < -0.4 is 22.1 Å². The molecule has 90 heavy (non-hydrogen) atoms. The molecule has 0 aliphatic carbocycles. The van der Waals surface area contributed by atoms with Crippen LogP contribution in [0.15, 0.2) is 121 Å². The Bertz CT molecular complexity index is 3870. The molecule has 480 valence electrons. The molecule has 4 heterocycles. The van der Waals surface area contributed by atoms with Crippen molar-refractivity contribution >= 4 is 101 Å². The molecule has 18 heteroatoms. The van der Waals surface area contributed by atoms with Crippen LogP contribution in [-0.4, -0.2) is 183 Å². The number of imide groups is 2. The number of carbonyl (C=O) groups is 6. The van der Waals surface area contributed by atoms with Crippen LogP contribution in [-0.2, 0) is 35.8 Å². The SMILES string of the molecule is C.C.C.C.CC(=O)Nc1ccc2c3c(cccc13)C(=O)N(CCN(C)C)C2=O.CC(=O)Nc1ccc2c3c(cccc13)CN(CCN(C)C)C2.CN(C)CCN1C(=O)c2cccc3c(N)ccc(c23)C1=O.CN(C)CCN1Cc2cccc3c(N)ccc(c23)C1. The second kappa shape index (κ2) is 31.2. The van der Waals surface area contributed by atoms with Gasteiger partial charge in [0.15, 0.2) is 0 Å². The first-order valence-corrected chi connectivity index (χ1v) is 29.1. The highest BCUT2D eigenvalue weighted by atomic mass is 16.2. The number of benzene rings is 8. The van der Waals surface area contributed by atoms with Crippen molar-refractivity contribution in [2.75, 3.05) is 131 Å². The third kappa shape index (κ3) is 15.9. The number of carbonyl (C=O) groups excluding carboxylic acids is 6. The molecule has 0 bridgehead atoms. The maximum atomic E-state index is 12.8. The molecule has 8 aromatic carbocycles. The fourth-order valence-corrected chi connectivity index (χ4v) is 11.7. The zero-order chi connectivity index (χ0) is 61.7. The zero-order valence-corrected chi connectivity index (χ0v) is 51.2. The van der Waals surface area contributed by atoms with Gasteiger partial charge in [0.1, 0.15) is 0 Å². The summed E-state index contributed by atoms with van der Waals surface area (Å²) in [6.07, 6.45) is 0. The molecule has 0 spiro atoms. The summed E-state index contributed by atoms with van der Waals surface area (Å²) in [5.74, 6) is -1.29. The summed E-state index contributed by atoms with van der Waals surface area (Å²) in [7, 11) is 16.1. The van der Waals surface area contributed by atoms with E-state index in [1.807, 2.05) is 62.3 Å². The average molecular weight is 1230 g/mol. The molecule has 4 aliphatic rings. The van der Waals surface area contributed by atoms with Crippen LogP contribution in [0.2, 0.25) is 0 Å². The first-order chi connectivity index (χ1) is 41.1. The van der Waals surface area contributed by atoms with Gasteiger partial charge >= 0.3 is 0 Å². The van der Waals surface area contributed by atoms with Crippen LogP contribution in [0.5, 0.6) is 0 Å². The number of likely N-dealkylation sites (N-methyl/N-ethyl adjacent to an activating group) is 4. The van der Waals surface area contributed by atoms with Gasteiger partial charge in [0, 0.05) is 170 Å². The number of hydrogen-bond donors (Lipinski definition) is 4. The Morgan fingerprint density at radius 1 is 0.378 bits per heavy atom. The quantitative estimate of drug-likeness (QED) is 0.0591. The van der Waals surface area contributed by atoms with Crippen LogP contribution in [0, 0.1) is 0 Å². The van der Waals surface area contributed by atoms with E-state index >= 15 is 0 Å². The Balaban J connectivity index is 0.000000216. The van der Waals surface area contributed by atoms with E-state index in [0.29, 0.717) is 76.0 Å². The monoisotopic (exact) mass is 1220 g/mol. The first kappa shape index (κ1) is 72.1. The minimum absolute atomic E-state index is 0. The Morgan fingerprint density at radius 3 is 1.08 bits per heavy atom. The second-order valence-electron chi connectivity index (χ2n) is 23.6. The molecule has 0 unspecified atom stereocenters. The lowest BCUT2D eigenvalue weighted by Crippen LogP contribution is -2.43. The zero-order valence-electron chi connectivity index (χ0n) is 51.2. The molecule has 0 atom stereocenters. The second-order valence-corrected chi connectivity index (χ2v) is 23.6. The van der Waals surface area contributed by atoms with Gasteiger partial charge in [-0.3, -0.25) is 48.4 Å². The van der Waals surface area contributed by atoms with Crippen molar-refractivity contribution in [3.63, 3.8) is 0 Å².